The molecule has 0 heterocycles. The Hall–Kier alpha value is -0.810. The summed E-state index contributed by atoms with van der Waals surface area (Å²) in [5.74, 6) is 0.0171. The number of ether oxygens (including phenoxy) is 1. The van der Waals surface area contributed by atoms with Gasteiger partial charge in [-0.15, -0.1) is 0 Å². The van der Waals surface area contributed by atoms with E-state index in [1.807, 2.05) is 20.8 Å². The molecule has 2 unspecified atom stereocenters. The smallest absolute Gasteiger partial charge is 0.450 e. The number of carbonyl (C=O) groups is 1. The highest BCUT2D eigenvalue weighted by molar-refractivity contribution is 5.56. The van der Waals surface area contributed by atoms with Gasteiger partial charge in [0.15, 0.2) is 0 Å². The van der Waals surface area contributed by atoms with E-state index in [0.717, 1.165) is 38.5 Å². The molecule has 20 heavy (non-hydrogen) atoms. The van der Waals surface area contributed by atoms with Crippen LogP contribution in [0.15, 0.2) is 0 Å². The van der Waals surface area contributed by atoms with E-state index in [1.165, 1.54) is 0 Å². The molecular weight excluding hydrogens is 260 g/mol. The number of rotatable bonds is 11. The van der Waals surface area contributed by atoms with Gasteiger partial charge in [0.1, 0.15) is 0 Å². The van der Waals surface area contributed by atoms with Crippen LogP contribution in [0.1, 0.15) is 73.1 Å². The summed E-state index contributed by atoms with van der Waals surface area (Å²) < 4.78 is 4.84. The van der Waals surface area contributed by atoms with Crippen LogP contribution in [-0.4, -0.2) is 23.2 Å². The third-order valence-electron chi connectivity index (χ3n) is 3.28. The molecule has 1 N–H and O–H groups in total. The maximum absolute atomic E-state index is 10.8. The molecule has 0 rings (SSSR count). The predicted molar refractivity (Wildman–Crippen MR) is 77.4 cm³/mol. The molecule has 0 saturated heterocycles. The molecule has 5 nitrogen and oxygen atoms in total. The summed E-state index contributed by atoms with van der Waals surface area (Å²) in [7, 11) is 0. The molecule has 0 radical (unpaired) electrons. The lowest BCUT2D eigenvalue weighted by atomic mass is 9.99. The molecule has 0 aromatic carbocycles. The van der Waals surface area contributed by atoms with Crippen LogP contribution in [0, 0.1) is 5.92 Å². The highest BCUT2D eigenvalue weighted by Gasteiger charge is 2.29. The Labute approximate surface area is 122 Å². The second kappa shape index (κ2) is 10.00. The second-order valence-corrected chi connectivity index (χ2v) is 5.75. The second-order valence-electron chi connectivity index (χ2n) is 5.75. The first-order chi connectivity index (χ1) is 9.36. The molecule has 120 valence electrons. The summed E-state index contributed by atoms with van der Waals surface area (Å²) >= 11 is 0. The number of unbranched alkanes of at least 4 members (excludes halogenated alkanes) is 1. The van der Waals surface area contributed by atoms with E-state index in [0.29, 0.717) is 0 Å². The molecular formula is C15H30O5. The largest absolute Gasteiger partial charge is 0.508 e. The molecule has 0 saturated carbocycles. The van der Waals surface area contributed by atoms with E-state index in [-0.39, 0.29) is 5.92 Å². The van der Waals surface area contributed by atoms with Gasteiger partial charge in [-0.1, -0.05) is 40.0 Å². The summed E-state index contributed by atoms with van der Waals surface area (Å²) in [5, 5.41) is 8.83. The van der Waals surface area contributed by atoms with Crippen LogP contribution in [0.2, 0.25) is 0 Å². The third-order valence-corrected chi connectivity index (χ3v) is 3.28. The lowest BCUT2D eigenvalue weighted by molar-refractivity contribution is -0.422. The molecule has 0 bridgehead atoms. The normalized spacial score (nSPS) is 14.8. The van der Waals surface area contributed by atoms with Gasteiger partial charge in [-0.3, -0.25) is 0 Å². The topological polar surface area (TPSA) is 65.0 Å². The average molecular weight is 290 g/mol. The highest BCUT2D eigenvalue weighted by atomic mass is 17.2. The van der Waals surface area contributed by atoms with E-state index < -0.39 is 18.0 Å². The first kappa shape index (κ1) is 19.2. The van der Waals surface area contributed by atoms with Gasteiger partial charge >= 0.3 is 6.16 Å². The Morgan fingerprint density at radius 2 is 1.85 bits per heavy atom. The van der Waals surface area contributed by atoms with Crippen LogP contribution >= 0.6 is 0 Å². The quantitative estimate of drug-likeness (QED) is 0.257. The Bertz CT molecular complexity index is 265. The number of carboxylic acid groups (broad SMARTS) is 1. The Morgan fingerprint density at radius 1 is 1.20 bits per heavy atom. The molecule has 0 aliphatic heterocycles. The fraction of sp³-hybridized carbons (Fsp3) is 0.933. The molecule has 5 heteroatoms. The Morgan fingerprint density at radius 3 is 2.30 bits per heavy atom. The standard InChI is InChI=1S/C15H30O5/c1-6-9-10-12(8-3)13(18-14(16)17)19-20-15(4,5)11-7-2/h12-13H,6-11H2,1-5H3,(H,16,17). The SMILES string of the molecule is CCCCC(CC)C(OOC(C)(C)CCC)OC(=O)O. The van der Waals surface area contributed by atoms with Gasteiger partial charge in [-0.2, -0.15) is 4.89 Å². The summed E-state index contributed by atoms with van der Waals surface area (Å²) in [6, 6.07) is 0. The van der Waals surface area contributed by atoms with Crippen LogP contribution in [0.3, 0.4) is 0 Å². The first-order valence-electron chi connectivity index (χ1n) is 7.60. The van der Waals surface area contributed by atoms with Crippen molar-refractivity contribution in [3.63, 3.8) is 0 Å². The molecule has 2 atom stereocenters. The summed E-state index contributed by atoms with van der Waals surface area (Å²) in [6.45, 7) is 10.00. The number of hydrogen-bond donors (Lipinski definition) is 1. The molecule has 0 fully saturated rings. The van der Waals surface area contributed by atoms with Crippen LogP contribution < -0.4 is 0 Å². The van der Waals surface area contributed by atoms with Crippen LogP contribution in [-0.2, 0) is 14.5 Å². The van der Waals surface area contributed by atoms with Crippen molar-refractivity contribution in [3.05, 3.63) is 0 Å². The van der Waals surface area contributed by atoms with Gasteiger partial charge in [0, 0.05) is 5.92 Å². The van der Waals surface area contributed by atoms with Crippen molar-refractivity contribution in [1.29, 1.82) is 0 Å². The van der Waals surface area contributed by atoms with Gasteiger partial charge < -0.3 is 9.84 Å². The summed E-state index contributed by atoms with van der Waals surface area (Å²) in [5.41, 5.74) is -0.447. The Balaban J connectivity index is 4.56. The van der Waals surface area contributed by atoms with Crippen molar-refractivity contribution >= 4 is 6.16 Å². The minimum absolute atomic E-state index is 0.0171. The zero-order valence-corrected chi connectivity index (χ0v) is 13.5. The van der Waals surface area contributed by atoms with E-state index in [4.69, 9.17) is 19.6 Å². The van der Waals surface area contributed by atoms with Gasteiger partial charge in [-0.25, -0.2) is 9.68 Å². The van der Waals surface area contributed by atoms with Crippen molar-refractivity contribution in [2.75, 3.05) is 0 Å². The maximum atomic E-state index is 10.8. The number of hydrogen-bond acceptors (Lipinski definition) is 4. The third kappa shape index (κ3) is 8.38. The zero-order valence-electron chi connectivity index (χ0n) is 13.5. The van der Waals surface area contributed by atoms with Crippen LogP contribution in [0.4, 0.5) is 4.79 Å². The monoisotopic (exact) mass is 290 g/mol. The van der Waals surface area contributed by atoms with Gasteiger partial charge in [0.2, 0.25) is 6.29 Å². The van der Waals surface area contributed by atoms with E-state index in [9.17, 15) is 4.79 Å². The average Bonchev–Trinajstić information content (AvgIpc) is 2.36. The van der Waals surface area contributed by atoms with Crippen molar-refractivity contribution in [2.24, 2.45) is 5.92 Å². The molecule has 0 spiro atoms. The zero-order chi connectivity index (χ0) is 15.6. The minimum atomic E-state index is -1.33. The molecule has 0 aromatic heterocycles. The Kier molecular flexibility index (Phi) is 9.59. The van der Waals surface area contributed by atoms with Crippen molar-refractivity contribution in [3.8, 4) is 0 Å². The first-order valence-corrected chi connectivity index (χ1v) is 7.60. The van der Waals surface area contributed by atoms with Crippen molar-refractivity contribution < 1.29 is 24.4 Å². The van der Waals surface area contributed by atoms with Gasteiger partial charge in [0.05, 0.1) is 5.60 Å². The van der Waals surface area contributed by atoms with E-state index >= 15 is 0 Å². The molecule has 0 aliphatic rings. The molecule has 0 aliphatic carbocycles. The van der Waals surface area contributed by atoms with Gasteiger partial charge in [0.25, 0.3) is 0 Å². The summed E-state index contributed by atoms with van der Waals surface area (Å²) in [6.07, 6.45) is 3.32. The van der Waals surface area contributed by atoms with Crippen molar-refractivity contribution in [1.82, 2.24) is 0 Å². The van der Waals surface area contributed by atoms with Crippen LogP contribution in [0.25, 0.3) is 0 Å². The fourth-order valence-corrected chi connectivity index (χ4v) is 2.11. The van der Waals surface area contributed by atoms with Crippen molar-refractivity contribution in [2.45, 2.75) is 85.0 Å². The lowest BCUT2D eigenvalue weighted by Crippen LogP contribution is -2.34. The van der Waals surface area contributed by atoms with E-state index in [1.54, 1.807) is 0 Å². The lowest BCUT2D eigenvalue weighted by Gasteiger charge is -2.29. The van der Waals surface area contributed by atoms with Crippen LogP contribution in [0.5, 0.6) is 0 Å². The fourth-order valence-electron chi connectivity index (χ4n) is 2.11. The van der Waals surface area contributed by atoms with Gasteiger partial charge in [-0.05, 0) is 33.1 Å². The minimum Gasteiger partial charge on any atom is -0.450 e. The maximum Gasteiger partial charge on any atom is 0.508 e. The predicted octanol–water partition coefficient (Wildman–Crippen LogP) is 4.75. The summed E-state index contributed by atoms with van der Waals surface area (Å²) in [4.78, 5) is 21.5. The highest BCUT2D eigenvalue weighted by Crippen LogP contribution is 2.24. The molecule has 0 aromatic rings. The van der Waals surface area contributed by atoms with E-state index in [2.05, 4.69) is 13.8 Å². The molecule has 0 amide bonds.